The molecule has 0 saturated carbocycles. The summed E-state index contributed by atoms with van der Waals surface area (Å²) in [6, 6.07) is 22.1. The van der Waals surface area contributed by atoms with E-state index in [9.17, 15) is 0 Å². The van der Waals surface area contributed by atoms with E-state index in [2.05, 4.69) is 50.9 Å². The number of rotatable bonds is 6. The number of hydrogen-bond acceptors (Lipinski definition) is 5. The number of benzene rings is 2. The summed E-state index contributed by atoms with van der Waals surface area (Å²) < 4.78 is 7.62. The van der Waals surface area contributed by atoms with Crippen LogP contribution in [0.2, 0.25) is 0 Å². The van der Waals surface area contributed by atoms with Gasteiger partial charge in [0.25, 0.3) is 0 Å². The van der Waals surface area contributed by atoms with Gasteiger partial charge in [-0.2, -0.15) is 0 Å². The summed E-state index contributed by atoms with van der Waals surface area (Å²) in [5.41, 5.74) is 4.13. The van der Waals surface area contributed by atoms with Gasteiger partial charge in [-0.1, -0.05) is 47.7 Å². The lowest BCUT2D eigenvalue weighted by Gasteiger charge is -2.12. The van der Waals surface area contributed by atoms with E-state index in [0.29, 0.717) is 0 Å². The van der Waals surface area contributed by atoms with Gasteiger partial charge in [-0.25, -0.2) is 0 Å². The number of pyridine rings is 1. The zero-order chi connectivity index (χ0) is 19.3. The van der Waals surface area contributed by atoms with Crippen LogP contribution in [0.1, 0.15) is 11.3 Å². The topological polar surface area (TPSA) is 52.8 Å². The normalized spacial score (nSPS) is 10.8. The molecule has 0 aliphatic heterocycles. The van der Waals surface area contributed by atoms with E-state index in [0.717, 1.165) is 39.4 Å². The Kier molecular flexibility index (Phi) is 5.39. The van der Waals surface area contributed by atoms with Crippen LogP contribution < -0.4 is 4.74 Å². The number of methoxy groups -OCH3 is 1. The Morgan fingerprint density at radius 2 is 1.71 bits per heavy atom. The maximum absolute atomic E-state index is 5.55. The van der Waals surface area contributed by atoms with E-state index in [4.69, 9.17) is 4.74 Å². The first-order chi connectivity index (χ1) is 13.8. The zero-order valence-electron chi connectivity index (χ0n) is 15.7. The molecule has 0 fully saturated rings. The van der Waals surface area contributed by atoms with Crippen LogP contribution in [0.25, 0.3) is 17.1 Å². The van der Waals surface area contributed by atoms with Gasteiger partial charge in [0.15, 0.2) is 11.0 Å². The van der Waals surface area contributed by atoms with Crippen molar-refractivity contribution in [2.45, 2.75) is 17.8 Å². The molecule has 0 amide bonds. The standard InChI is InChI=1S/C22H20N4OS/c1-16-10-12-18(13-11-16)26-21(19-8-3-4-9-20(19)27-2)24-25-22(26)28-15-17-7-5-6-14-23-17/h3-14H,15H2,1-2H3. The maximum Gasteiger partial charge on any atom is 0.196 e. The Morgan fingerprint density at radius 3 is 2.46 bits per heavy atom. The molecular weight excluding hydrogens is 368 g/mol. The van der Waals surface area contributed by atoms with E-state index in [1.54, 1.807) is 25.1 Å². The Morgan fingerprint density at radius 1 is 0.929 bits per heavy atom. The Bertz CT molecular complexity index is 1060. The second-order valence-corrected chi connectivity index (χ2v) is 7.23. The molecule has 0 radical (unpaired) electrons. The fraction of sp³-hybridized carbons (Fsp3) is 0.136. The molecule has 2 aromatic heterocycles. The zero-order valence-corrected chi connectivity index (χ0v) is 16.6. The smallest absolute Gasteiger partial charge is 0.196 e. The molecule has 2 aromatic carbocycles. The van der Waals surface area contributed by atoms with Crippen LogP contribution in [0.5, 0.6) is 5.75 Å². The minimum Gasteiger partial charge on any atom is -0.496 e. The number of ether oxygens (including phenoxy) is 1. The summed E-state index contributed by atoms with van der Waals surface area (Å²) in [6.07, 6.45) is 1.81. The lowest BCUT2D eigenvalue weighted by Crippen LogP contribution is -2.01. The number of nitrogens with zero attached hydrogens (tertiary/aromatic N) is 4. The van der Waals surface area contributed by atoms with Crippen LogP contribution in [0.15, 0.2) is 78.1 Å². The first-order valence-electron chi connectivity index (χ1n) is 8.95. The third-order valence-corrected chi connectivity index (χ3v) is 5.31. The highest BCUT2D eigenvalue weighted by atomic mass is 32.2. The van der Waals surface area contributed by atoms with Crippen molar-refractivity contribution in [3.8, 4) is 22.8 Å². The molecule has 4 rings (SSSR count). The third kappa shape index (κ3) is 3.77. The van der Waals surface area contributed by atoms with Crippen LogP contribution in [0.4, 0.5) is 0 Å². The molecule has 0 unspecified atom stereocenters. The lowest BCUT2D eigenvalue weighted by molar-refractivity contribution is 0.416. The molecule has 140 valence electrons. The number of aromatic nitrogens is 4. The molecule has 6 heteroatoms. The average molecular weight is 388 g/mol. The molecule has 2 heterocycles. The third-order valence-electron chi connectivity index (χ3n) is 4.35. The minimum atomic E-state index is 0.719. The van der Waals surface area contributed by atoms with Crippen LogP contribution >= 0.6 is 11.8 Å². The van der Waals surface area contributed by atoms with Crippen molar-refractivity contribution in [2.75, 3.05) is 7.11 Å². The SMILES string of the molecule is COc1ccccc1-c1nnc(SCc2ccccn2)n1-c1ccc(C)cc1. The van der Waals surface area contributed by atoms with Gasteiger partial charge in [-0.3, -0.25) is 9.55 Å². The van der Waals surface area contributed by atoms with E-state index in [-0.39, 0.29) is 0 Å². The van der Waals surface area contributed by atoms with Crippen molar-refractivity contribution < 1.29 is 4.74 Å². The molecule has 4 aromatic rings. The van der Waals surface area contributed by atoms with Crippen molar-refractivity contribution in [1.29, 1.82) is 0 Å². The molecule has 0 aliphatic rings. The van der Waals surface area contributed by atoms with Crippen molar-refractivity contribution in [3.63, 3.8) is 0 Å². The Labute approximate surface area is 168 Å². The van der Waals surface area contributed by atoms with E-state index in [1.807, 2.05) is 42.5 Å². The number of para-hydroxylation sites is 1. The van der Waals surface area contributed by atoms with Crippen molar-refractivity contribution in [2.24, 2.45) is 0 Å². The number of hydrogen-bond donors (Lipinski definition) is 0. The van der Waals surface area contributed by atoms with Gasteiger partial charge >= 0.3 is 0 Å². The molecule has 28 heavy (non-hydrogen) atoms. The van der Waals surface area contributed by atoms with Crippen LogP contribution in [-0.4, -0.2) is 26.9 Å². The van der Waals surface area contributed by atoms with Crippen molar-refractivity contribution >= 4 is 11.8 Å². The summed E-state index contributed by atoms with van der Waals surface area (Å²) in [5, 5.41) is 9.79. The predicted molar refractivity (Wildman–Crippen MR) is 112 cm³/mol. The maximum atomic E-state index is 5.55. The quantitative estimate of drug-likeness (QED) is 0.438. The van der Waals surface area contributed by atoms with Gasteiger partial charge < -0.3 is 4.74 Å². The van der Waals surface area contributed by atoms with Gasteiger partial charge in [0.1, 0.15) is 5.75 Å². The molecule has 0 saturated heterocycles. The summed E-state index contributed by atoms with van der Waals surface area (Å²) in [7, 11) is 1.67. The highest BCUT2D eigenvalue weighted by Gasteiger charge is 2.19. The first-order valence-corrected chi connectivity index (χ1v) is 9.93. The fourth-order valence-electron chi connectivity index (χ4n) is 2.92. The largest absolute Gasteiger partial charge is 0.496 e. The summed E-state index contributed by atoms with van der Waals surface area (Å²) in [6.45, 7) is 2.08. The Hall–Kier alpha value is -3.12. The van der Waals surface area contributed by atoms with Gasteiger partial charge in [0.2, 0.25) is 0 Å². The Balaban J connectivity index is 1.78. The monoisotopic (exact) mass is 388 g/mol. The van der Waals surface area contributed by atoms with Gasteiger partial charge in [0, 0.05) is 17.6 Å². The number of aryl methyl sites for hydroxylation is 1. The highest BCUT2D eigenvalue weighted by molar-refractivity contribution is 7.98. The molecule has 0 aliphatic carbocycles. The predicted octanol–water partition coefficient (Wildman–Crippen LogP) is 4.94. The highest BCUT2D eigenvalue weighted by Crippen LogP contribution is 2.33. The molecule has 5 nitrogen and oxygen atoms in total. The number of thioether (sulfide) groups is 1. The molecule has 0 spiro atoms. The van der Waals surface area contributed by atoms with Gasteiger partial charge in [-0.15, -0.1) is 10.2 Å². The van der Waals surface area contributed by atoms with Crippen LogP contribution in [0.3, 0.4) is 0 Å². The molecule has 0 N–H and O–H groups in total. The van der Waals surface area contributed by atoms with E-state index < -0.39 is 0 Å². The van der Waals surface area contributed by atoms with Gasteiger partial charge in [0.05, 0.1) is 18.4 Å². The van der Waals surface area contributed by atoms with E-state index in [1.165, 1.54) is 5.56 Å². The van der Waals surface area contributed by atoms with Crippen LogP contribution in [0, 0.1) is 6.92 Å². The fourth-order valence-corrected chi connectivity index (χ4v) is 3.78. The first kappa shape index (κ1) is 18.3. The summed E-state index contributed by atoms with van der Waals surface area (Å²) >= 11 is 1.61. The van der Waals surface area contributed by atoms with Crippen molar-refractivity contribution in [3.05, 3.63) is 84.2 Å². The molecule has 0 atom stereocenters. The molecule has 0 bridgehead atoms. The second-order valence-electron chi connectivity index (χ2n) is 6.29. The van der Waals surface area contributed by atoms with Crippen LogP contribution in [-0.2, 0) is 5.75 Å². The lowest BCUT2D eigenvalue weighted by atomic mass is 10.1. The van der Waals surface area contributed by atoms with E-state index >= 15 is 0 Å². The van der Waals surface area contributed by atoms with Crippen molar-refractivity contribution in [1.82, 2.24) is 19.7 Å². The minimum absolute atomic E-state index is 0.719. The summed E-state index contributed by atoms with van der Waals surface area (Å²) in [5.74, 6) is 2.24. The van der Waals surface area contributed by atoms with Gasteiger partial charge in [-0.05, 0) is 43.3 Å². The average Bonchev–Trinajstić information content (AvgIpc) is 3.17. The summed E-state index contributed by atoms with van der Waals surface area (Å²) in [4.78, 5) is 4.40. The molecular formula is C22H20N4OS. The second kappa shape index (κ2) is 8.27.